The average molecular weight is 273 g/mol. The molecule has 0 saturated heterocycles. The average Bonchev–Trinajstić information content (AvgIpc) is 2.89. The van der Waals surface area contributed by atoms with Gasteiger partial charge >= 0.3 is 0 Å². The van der Waals surface area contributed by atoms with Gasteiger partial charge in [-0.2, -0.15) is 0 Å². The van der Waals surface area contributed by atoms with Crippen LogP contribution in [0.15, 0.2) is 34.9 Å². The van der Waals surface area contributed by atoms with E-state index in [0.29, 0.717) is 23.6 Å². The summed E-state index contributed by atoms with van der Waals surface area (Å²) in [7, 11) is 3.93. The zero-order valence-corrected chi connectivity index (χ0v) is 11.5. The van der Waals surface area contributed by atoms with Gasteiger partial charge in [-0.1, -0.05) is 0 Å². The van der Waals surface area contributed by atoms with Crippen LogP contribution in [-0.4, -0.2) is 30.5 Å². The Morgan fingerprint density at radius 2 is 2.05 bits per heavy atom. The first kappa shape index (κ1) is 14.2. The molecule has 0 fully saturated rings. The Morgan fingerprint density at radius 3 is 2.65 bits per heavy atom. The monoisotopic (exact) mass is 273 g/mol. The molecule has 0 aliphatic heterocycles. The third-order valence-corrected chi connectivity index (χ3v) is 2.95. The summed E-state index contributed by atoms with van der Waals surface area (Å²) in [5.74, 6) is 0.672. The molecule has 1 atom stereocenters. The number of nitrogens with zero attached hydrogens (tertiary/aromatic N) is 3. The van der Waals surface area contributed by atoms with Crippen LogP contribution in [0.4, 0.5) is 4.39 Å². The quantitative estimate of drug-likeness (QED) is 0.783. The summed E-state index contributed by atoms with van der Waals surface area (Å²) in [6.07, 6.45) is 2.27. The third-order valence-electron chi connectivity index (χ3n) is 2.95. The molecule has 5 heteroatoms. The van der Waals surface area contributed by atoms with Crippen molar-refractivity contribution >= 4 is 0 Å². The zero-order chi connectivity index (χ0) is 14.5. The van der Waals surface area contributed by atoms with Crippen LogP contribution in [0, 0.1) is 12.4 Å². The van der Waals surface area contributed by atoms with Gasteiger partial charge in [0.15, 0.2) is 0 Å². The van der Waals surface area contributed by atoms with Crippen LogP contribution in [0.25, 0.3) is 16.3 Å². The molecule has 0 N–H and O–H groups in total. The predicted molar refractivity (Wildman–Crippen MR) is 74.4 cm³/mol. The van der Waals surface area contributed by atoms with Gasteiger partial charge in [0.25, 0.3) is 6.04 Å². The van der Waals surface area contributed by atoms with Crippen LogP contribution >= 0.6 is 0 Å². The van der Waals surface area contributed by atoms with Crippen LogP contribution in [0.3, 0.4) is 0 Å². The maximum absolute atomic E-state index is 12.9. The molecule has 1 heterocycles. The Balaban J connectivity index is 2.15. The molecular formula is C15H16FN3O. The molecule has 2 aromatic rings. The van der Waals surface area contributed by atoms with E-state index >= 15 is 0 Å². The van der Waals surface area contributed by atoms with Crippen molar-refractivity contribution in [3.05, 3.63) is 53.5 Å². The fraction of sp³-hybridized carbons (Fsp3) is 0.333. The number of aromatic nitrogens is 1. The van der Waals surface area contributed by atoms with Crippen molar-refractivity contribution < 1.29 is 8.81 Å². The van der Waals surface area contributed by atoms with E-state index in [2.05, 4.69) is 9.83 Å². The maximum Gasteiger partial charge on any atom is 0.283 e. The van der Waals surface area contributed by atoms with Gasteiger partial charge in [0, 0.05) is 18.5 Å². The van der Waals surface area contributed by atoms with Crippen LogP contribution in [0.5, 0.6) is 0 Å². The zero-order valence-electron chi connectivity index (χ0n) is 11.5. The Hall–Kier alpha value is -2.19. The lowest BCUT2D eigenvalue weighted by Crippen LogP contribution is -2.14. The summed E-state index contributed by atoms with van der Waals surface area (Å²) in [4.78, 5) is 9.77. The van der Waals surface area contributed by atoms with E-state index in [1.54, 1.807) is 18.3 Å². The minimum absolute atomic E-state index is 0.300. The molecule has 4 nitrogen and oxygen atoms in total. The van der Waals surface area contributed by atoms with Crippen molar-refractivity contribution in [2.24, 2.45) is 0 Å². The van der Waals surface area contributed by atoms with Crippen molar-refractivity contribution in [1.82, 2.24) is 9.88 Å². The molecule has 1 aromatic carbocycles. The summed E-state index contributed by atoms with van der Waals surface area (Å²) < 4.78 is 18.5. The van der Waals surface area contributed by atoms with Crippen LogP contribution in [-0.2, 0) is 0 Å². The lowest BCUT2D eigenvalue weighted by atomic mass is 10.2. The molecule has 20 heavy (non-hydrogen) atoms. The first-order chi connectivity index (χ1) is 9.60. The SMILES string of the molecule is [C-]#[N+]C(CCN(C)C)c1cnc(-c2ccc(F)cc2)o1. The highest BCUT2D eigenvalue weighted by molar-refractivity contribution is 5.52. The van der Waals surface area contributed by atoms with Crippen molar-refractivity contribution in [2.45, 2.75) is 12.5 Å². The first-order valence-corrected chi connectivity index (χ1v) is 6.33. The summed E-state index contributed by atoms with van der Waals surface area (Å²) in [5, 5.41) is 0. The summed E-state index contributed by atoms with van der Waals surface area (Å²) >= 11 is 0. The lowest BCUT2D eigenvalue weighted by molar-refractivity contribution is 0.377. The van der Waals surface area contributed by atoms with E-state index in [9.17, 15) is 4.39 Å². The lowest BCUT2D eigenvalue weighted by Gasteiger charge is -2.08. The van der Waals surface area contributed by atoms with Gasteiger partial charge in [0.05, 0.1) is 6.20 Å². The third kappa shape index (κ3) is 3.43. The van der Waals surface area contributed by atoms with Gasteiger partial charge in [0.2, 0.25) is 11.7 Å². The normalized spacial score (nSPS) is 12.3. The molecule has 0 radical (unpaired) electrons. The van der Waals surface area contributed by atoms with E-state index < -0.39 is 0 Å². The number of hydrogen-bond acceptors (Lipinski definition) is 3. The van der Waals surface area contributed by atoms with E-state index in [4.69, 9.17) is 11.0 Å². The minimum Gasteiger partial charge on any atom is -0.433 e. The number of rotatable bonds is 5. The highest BCUT2D eigenvalue weighted by Crippen LogP contribution is 2.26. The van der Waals surface area contributed by atoms with Crippen molar-refractivity contribution in [2.75, 3.05) is 20.6 Å². The largest absolute Gasteiger partial charge is 0.433 e. The second kappa shape index (κ2) is 6.31. The molecule has 2 rings (SSSR count). The maximum atomic E-state index is 12.9. The Labute approximate surface area is 117 Å². The summed E-state index contributed by atoms with van der Waals surface area (Å²) in [6, 6.07) is 5.60. The number of benzene rings is 1. The smallest absolute Gasteiger partial charge is 0.283 e. The second-order valence-corrected chi connectivity index (χ2v) is 4.81. The molecule has 0 bridgehead atoms. The molecular weight excluding hydrogens is 257 g/mol. The molecule has 0 spiro atoms. The number of hydrogen-bond donors (Lipinski definition) is 0. The standard InChI is InChI=1S/C15H16FN3O/c1-17-13(8-9-19(2)3)14-10-18-15(20-14)11-4-6-12(16)7-5-11/h4-7,10,13H,8-9H2,2-3H3. The van der Waals surface area contributed by atoms with E-state index in [0.717, 1.165) is 6.54 Å². The minimum atomic E-state index is -0.334. The van der Waals surface area contributed by atoms with Gasteiger partial charge in [-0.05, 0) is 38.4 Å². The van der Waals surface area contributed by atoms with E-state index in [1.807, 2.05) is 19.0 Å². The highest BCUT2D eigenvalue weighted by Gasteiger charge is 2.21. The van der Waals surface area contributed by atoms with Gasteiger partial charge in [-0.3, -0.25) is 0 Å². The Kier molecular flexibility index (Phi) is 4.49. The molecule has 104 valence electrons. The van der Waals surface area contributed by atoms with Crippen LogP contribution in [0.1, 0.15) is 18.2 Å². The first-order valence-electron chi connectivity index (χ1n) is 6.33. The molecule has 0 saturated carbocycles. The molecule has 0 aliphatic rings. The van der Waals surface area contributed by atoms with E-state index in [-0.39, 0.29) is 11.9 Å². The molecule has 0 aliphatic carbocycles. The molecule has 1 aromatic heterocycles. The van der Waals surface area contributed by atoms with E-state index in [1.165, 1.54) is 12.1 Å². The Bertz CT molecular complexity index is 598. The fourth-order valence-electron chi connectivity index (χ4n) is 1.82. The van der Waals surface area contributed by atoms with Crippen LogP contribution < -0.4 is 0 Å². The van der Waals surface area contributed by atoms with Crippen LogP contribution in [0.2, 0.25) is 0 Å². The van der Waals surface area contributed by atoms with Crippen molar-refractivity contribution in [1.29, 1.82) is 0 Å². The Morgan fingerprint density at radius 1 is 1.35 bits per heavy atom. The highest BCUT2D eigenvalue weighted by atomic mass is 19.1. The van der Waals surface area contributed by atoms with Gasteiger partial charge in [-0.25, -0.2) is 15.9 Å². The number of halogens is 1. The molecule has 1 unspecified atom stereocenters. The topological polar surface area (TPSA) is 33.6 Å². The van der Waals surface area contributed by atoms with Crippen molar-refractivity contribution in [3.8, 4) is 11.5 Å². The second-order valence-electron chi connectivity index (χ2n) is 4.81. The van der Waals surface area contributed by atoms with Crippen molar-refractivity contribution in [3.63, 3.8) is 0 Å². The molecule has 0 amide bonds. The fourth-order valence-corrected chi connectivity index (χ4v) is 1.82. The van der Waals surface area contributed by atoms with Gasteiger partial charge in [-0.15, -0.1) is 0 Å². The van der Waals surface area contributed by atoms with Gasteiger partial charge in [0.1, 0.15) is 5.82 Å². The van der Waals surface area contributed by atoms with Gasteiger partial charge < -0.3 is 14.2 Å². The summed E-state index contributed by atoms with van der Waals surface area (Å²) in [6.45, 7) is 8.06. The predicted octanol–water partition coefficient (Wildman–Crippen LogP) is 3.39. The summed E-state index contributed by atoms with van der Waals surface area (Å²) in [5.41, 5.74) is 0.703. The number of oxazole rings is 1.